The van der Waals surface area contributed by atoms with Crippen molar-refractivity contribution >= 4 is 16.8 Å². The highest BCUT2D eigenvalue weighted by Crippen LogP contribution is 2.17. The van der Waals surface area contributed by atoms with Gasteiger partial charge in [-0.25, -0.2) is 0 Å². The van der Waals surface area contributed by atoms with E-state index in [4.69, 9.17) is 4.42 Å². The molecule has 4 rings (SSSR count). The maximum absolute atomic E-state index is 12.5. The van der Waals surface area contributed by atoms with Crippen LogP contribution in [0.1, 0.15) is 10.5 Å². The Morgan fingerprint density at radius 3 is 2.96 bits per heavy atom. The maximum Gasteiger partial charge on any atom is 0.275 e. The Kier molecular flexibility index (Phi) is 3.92. The predicted molar refractivity (Wildman–Crippen MR) is 95.8 cm³/mol. The lowest BCUT2D eigenvalue weighted by molar-refractivity contribution is 0.0947. The van der Waals surface area contributed by atoms with Crippen molar-refractivity contribution < 1.29 is 9.21 Å². The molecule has 4 aromatic heterocycles. The fourth-order valence-corrected chi connectivity index (χ4v) is 2.88. The molecule has 0 spiro atoms. The summed E-state index contributed by atoms with van der Waals surface area (Å²) < 4.78 is 8.64. The van der Waals surface area contributed by atoms with Gasteiger partial charge in [0.1, 0.15) is 11.2 Å². The van der Waals surface area contributed by atoms with Gasteiger partial charge >= 0.3 is 0 Å². The van der Waals surface area contributed by atoms with E-state index in [2.05, 4.69) is 15.5 Å². The van der Waals surface area contributed by atoms with E-state index in [1.807, 2.05) is 25.4 Å². The van der Waals surface area contributed by atoms with Gasteiger partial charge in [0.15, 0.2) is 11.5 Å². The van der Waals surface area contributed by atoms with Crippen molar-refractivity contribution in [3.8, 4) is 11.5 Å². The van der Waals surface area contributed by atoms with Crippen molar-refractivity contribution in [1.82, 2.24) is 24.6 Å². The molecule has 0 aliphatic carbocycles. The van der Waals surface area contributed by atoms with E-state index in [1.165, 1.54) is 0 Å². The predicted octanol–water partition coefficient (Wildman–Crippen LogP) is 1.75. The average molecular weight is 351 g/mol. The molecule has 0 unspecified atom stereocenters. The van der Waals surface area contributed by atoms with Gasteiger partial charge in [0.25, 0.3) is 11.5 Å². The fraction of sp³-hybridized carbons (Fsp3) is 0.167. The minimum atomic E-state index is -0.313. The minimum Gasteiger partial charge on any atom is -0.463 e. The molecular formula is C18H17N5O3. The van der Waals surface area contributed by atoms with Crippen LogP contribution in [0.4, 0.5) is 0 Å². The molecule has 8 heteroatoms. The number of aryl methyl sites for hydroxylation is 1. The van der Waals surface area contributed by atoms with E-state index in [9.17, 15) is 9.59 Å². The molecule has 1 amide bonds. The van der Waals surface area contributed by atoms with Gasteiger partial charge in [-0.1, -0.05) is 0 Å². The first-order valence-corrected chi connectivity index (χ1v) is 8.15. The number of carbonyl (C=O) groups excluding carboxylic acids is 1. The van der Waals surface area contributed by atoms with Crippen LogP contribution >= 0.6 is 0 Å². The second-order valence-electron chi connectivity index (χ2n) is 5.94. The number of pyridine rings is 1. The molecule has 0 aromatic carbocycles. The Balaban J connectivity index is 1.42. The average Bonchev–Trinajstić information content (AvgIpc) is 3.36. The molecule has 26 heavy (non-hydrogen) atoms. The number of nitrogens with one attached hydrogen (secondary N) is 2. The summed E-state index contributed by atoms with van der Waals surface area (Å²) in [7, 11) is 1.84. The number of hydrogen-bond acceptors (Lipinski definition) is 4. The summed E-state index contributed by atoms with van der Waals surface area (Å²) in [4.78, 5) is 24.7. The number of aromatic amines is 1. The molecule has 0 aliphatic rings. The van der Waals surface area contributed by atoms with Gasteiger partial charge in [0.05, 0.1) is 6.26 Å². The van der Waals surface area contributed by atoms with Crippen molar-refractivity contribution in [2.45, 2.75) is 6.54 Å². The molecule has 0 aliphatic heterocycles. The number of fused-ring (bicyclic) bond motifs is 1. The Morgan fingerprint density at radius 1 is 1.31 bits per heavy atom. The van der Waals surface area contributed by atoms with Gasteiger partial charge in [-0.05, 0) is 24.3 Å². The summed E-state index contributed by atoms with van der Waals surface area (Å²) in [5, 5.41) is 10.4. The summed E-state index contributed by atoms with van der Waals surface area (Å²) in [6.07, 6.45) is 5.14. The van der Waals surface area contributed by atoms with Crippen molar-refractivity contribution in [3.63, 3.8) is 0 Å². The number of carbonyl (C=O) groups is 1. The zero-order valence-corrected chi connectivity index (χ0v) is 14.1. The lowest BCUT2D eigenvalue weighted by Crippen LogP contribution is -2.31. The van der Waals surface area contributed by atoms with Crippen molar-refractivity contribution in [2.24, 2.45) is 7.05 Å². The van der Waals surface area contributed by atoms with E-state index in [-0.39, 0.29) is 17.2 Å². The Labute approximate surface area is 148 Å². The topological polar surface area (TPSA) is 97.8 Å². The summed E-state index contributed by atoms with van der Waals surface area (Å²) >= 11 is 0. The molecule has 0 fully saturated rings. The zero-order chi connectivity index (χ0) is 18.1. The number of amides is 1. The van der Waals surface area contributed by atoms with Gasteiger partial charge in [0, 0.05) is 44.0 Å². The van der Waals surface area contributed by atoms with Crippen LogP contribution in [0.5, 0.6) is 0 Å². The SMILES string of the molecule is Cn1ccc2ccn(CCNC(=O)c3cc(-c4ccco4)[nH]n3)c(=O)c21. The number of H-pyrrole nitrogens is 1. The number of rotatable bonds is 5. The van der Waals surface area contributed by atoms with E-state index < -0.39 is 0 Å². The van der Waals surface area contributed by atoms with E-state index in [0.29, 0.717) is 30.1 Å². The lowest BCUT2D eigenvalue weighted by atomic mass is 10.3. The standard InChI is InChI=1S/C18H17N5O3/c1-22-7-4-12-5-8-23(18(25)16(12)22)9-6-19-17(24)14-11-13(20-21-14)15-3-2-10-26-15/h2-5,7-8,10-11H,6,9H2,1H3,(H,19,24)(H,20,21). The van der Waals surface area contributed by atoms with Crippen LogP contribution in [-0.4, -0.2) is 31.8 Å². The van der Waals surface area contributed by atoms with Crippen LogP contribution in [0, 0.1) is 0 Å². The van der Waals surface area contributed by atoms with Crippen LogP contribution in [0.15, 0.2) is 58.2 Å². The molecule has 0 saturated carbocycles. The smallest absolute Gasteiger partial charge is 0.275 e. The number of furan rings is 1. The molecule has 0 saturated heterocycles. The third kappa shape index (κ3) is 2.81. The molecular weight excluding hydrogens is 334 g/mol. The maximum atomic E-state index is 12.5. The number of aromatic nitrogens is 4. The van der Waals surface area contributed by atoms with Gasteiger partial charge in [-0.2, -0.15) is 5.10 Å². The number of hydrogen-bond donors (Lipinski definition) is 2. The third-order valence-corrected chi connectivity index (χ3v) is 4.24. The fourth-order valence-electron chi connectivity index (χ4n) is 2.88. The molecule has 0 bridgehead atoms. The lowest BCUT2D eigenvalue weighted by Gasteiger charge is -2.07. The normalized spacial score (nSPS) is 11.1. The van der Waals surface area contributed by atoms with Gasteiger partial charge in [0.2, 0.25) is 0 Å². The molecule has 8 nitrogen and oxygen atoms in total. The number of nitrogens with zero attached hydrogens (tertiary/aromatic N) is 3. The monoisotopic (exact) mass is 351 g/mol. The highest BCUT2D eigenvalue weighted by Gasteiger charge is 2.12. The van der Waals surface area contributed by atoms with E-state index in [1.54, 1.807) is 39.8 Å². The van der Waals surface area contributed by atoms with E-state index in [0.717, 1.165) is 5.39 Å². The molecule has 4 heterocycles. The highest BCUT2D eigenvalue weighted by molar-refractivity contribution is 5.93. The molecule has 2 N–H and O–H groups in total. The summed E-state index contributed by atoms with van der Waals surface area (Å²) in [6.45, 7) is 0.693. The van der Waals surface area contributed by atoms with Crippen LogP contribution in [0.25, 0.3) is 22.4 Å². The van der Waals surface area contributed by atoms with Gasteiger partial charge < -0.3 is 18.9 Å². The first-order valence-electron chi connectivity index (χ1n) is 8.15. The van der Waals surface area contributed by atoms with Crippen molar-refractivity contribution in [2.75, 3.05) is 6.54 Å². The second-order valence-corrected chi connectivity index (χ2v) is 5.94. The van der Waals surface area contributed by atoms with Crippen molar-refractivity contribution in [3.05, 3.63) is 65.0 Å². The Bertz CT molecular complexity index is 1120. The first-order chi connectivity index (χ1) is 12.6. The summed E-state index contributed by atoms with van der Waals surface area (Å²) in [6, 6.07) is 8.95. The van der Waals surface area contributed by atoms with Gasteiger partial charge in [-0.3, -0.25) is 14.7 Å². The Hall–Kier alpha value is -3.55. The summed E-state index contributed by atoms with van der Waals surface area (Å²) in [5.41, 5.74) is 1.46. The second kappa shape index (κ2) is 6.40. The van der Waals surface area contributed by atoms with Gasteiger partial charge in [-0.15, -0.1) is 0 Å². The highest BCUT2D eigenvalue weighted by atomic mass is 16.3. The Morgan fingerprint density at radius 2 is 2.15 bits per heavy atom. The van der Waals surface area contributed by atoms with Crippen LogP contribution in [0.3, 0.4) is 0 Å². The zero-order valence-electron chi connectivity index (χ0n) is 14.1. The van der Waals surface area contributed by atoms with Crippen molar-refractivity contribution in [1.29, 1.82) is 0 Å². The first kappa shape index (κ1) is 15.9. The largest absolute Gasteiger partial charge is 0.463 e. The van der Waals surface area contributed by atoms with Crippen LogP contribution < -0.4 is 10.9 Å². The van der Waals surface area contributed by atoms with Crippen LogP contribution in [-0.2, 0) is 13.6 Å². The molecule has 132 valence electrons. The van der Waals surface area contributed by atoms with E-state index >= 15 is 0 Å². The van der Waals surface area contributed by atoms with Crippen LogP contribution in [0.2, 0.25) is 0 Å². The molecule has 4 aromatic rings. The molecule has 0 radical (unpaired) electrons. The minimum absolute atomic E-state index is 0.0795. The third-order valence-electron chi connectivity index (χ3n) is 4.24. The quantitative estimate of drug-likeness (QED) is 0.572. The molecule has 0 atom stereocenters. The summed E-state index contributed by atoms with van der Waals surface area (Å²) in [5.74, 6) is 0.297.